The van der Waals surface area contributed by atoms with Crippen LogP contribution in [-0.2, 0) is 11.2 Å². The lowest BCUT2D eigenvalue weighted by Gasteiger charge is -1.99. The van der Waals surface area contributed by atoms with Gasteiger partial charge >= 0.3 is 0 Å². The summed E-state index contributed by atoms with van der Waals surface area (Å²) in [5.74, 6) is -0.476. The predicted octanol–water partition coefficient (Wildman–Crippen LogP) is 2.24. The van der Waals surface area contributed by atoms with Gasteiger partial charge in [0.15, 0.2) is 0 Å². The average molecular weight is 165 g/mol. The Labute approximate surface area is 71.2 Å². The van der Waals surface area contributed by atoms with E-state index in [2.05, 4.69) is 0 Å². The minimum Gasteiger partial charge on any atom is -0.285 e. The third kappa shape index (κ3) is 1.91. The summed E-state index contributed by atoms with van der Waals surface area (Å²) in [7, 11) is 0. The van der Waals surface area contributed by atoms with Crippen LogP contribution in [0.25, 0.3) is 0 Å². The van der Waals surface area contributed by atoms with Gasteiger partial charge in [0.2, 0.25) is 6.29 Å². The van der Waals surface area contributed by atoms with Gasteiger partial charge < -0.3 is 0 Å². The van der Waals surface area contributed by atoms with E-state index in [0.29, 0.717) is 0 Å². The standard InChI is InChI=1S/C10H10FO/c1-2-3-8-4-5-9(7-12)10(11)6-8/h4-6H,2-3H2,1H3. The monoisotopic (exact) mass is 165 g/mol. The molecule has 0 bridgehead atoms. The van der Waals surface area contributed by atoms with Gasteiger partial charge in [0.25, 0.3) is 0 Å². The first-order valence-corrected chi connectivity index (χ1v) is 3.94. The Bertz CT molecular complexity index is 281. The lowest BCUT2D eigenvalue weighted by molar-refractivity contribution is 0.556. The summed E-state index contributed by atoms with van der Waals surface area (Å²) in [6.07, 6.45) is 3.36. The molecule has 0 spiro atoms. The number of hydrogen-bond donors (Lipinski definition) is 0. The summed E-state index contributed by atoms with van der Waals surface area (Å²) in [5, 5.41) is 0. The Kier molecular flexibility index (Phi) is 2.97. The highest BCUT2D eigenvalue weighted by Crippen LogP contribution is 2.09. The molecule has 0 atom stereocenters. The van der Waals surface area contributed by atoms with Crippen LogP contribution in [0.1, 0.15) is 24.5 Å². The largest absolute Gasteiger partial charge is 0.285 e. The molecular weight excluding hydrogens is 155 g/mol. The summed E-state index contributed by atoms with van der Waals surface area (Å²) in [6, 6.07) is 4.61. The Morgan fingerprint density at radius 1 is 1.50 bits per heavy atom. The molecule has 1 aromatic rings. The lowest BCUT2D eigenvalue weighted by Crippen LogP contribution is -1.91. The molecule has 0 aliphatic carbocycles. The zero-order valence-electron chi connectivity index (χ0n) is 6.93. The van der Waals surface area contributed by atoms with Crippen LogP contribution in [-0.4, -0.2) is 6.29 Å². The van der Waals surface area contributed by atoms with Crippen LogP contribution in [0.5, 0.6) is 0 Å². The van der Waals surface area contributed by atoms with Crippen LogP contribution < -0.4 is 0 Å². The SMILES string of the molecule is CCCc1ccc([C]=O)c(F)c1. The molecule has 0 saturated heterocycles. The smallest absolute Gasteiger partial charge is 0.236 e. The van der Waals surface area contributed by atoms with Crippen molar-refractivity contribution in [3.8, 4) is 0 Å². The van der Waals surface area contributed by atoms with Gasteiger partial charge in [-0.2, -0.15) is 0 Å². The van der Waals surface area contributed by atoms with Gasteiger partial charge in [-0.15, -0.1) is 0 Å². The Morgan fingerprint density at radius 2 is 2.25 bits per heavy atom. The molecular formula is C10H10FO. The molecule has 0 heterocycles. The fraction of sp³-hybridized carbons (Fsp3) is 0.300. The summed E-state index contributed by atoms with van der Waals surface area (Å²) >= 11 is 0. The van der Waals surface area contributed by atoms with E-state index in [4.69, 9.17) is 0 Å². The molecule has 1 radical (unpaired) electrons. The van der Waals surface area contributed by atoms with Gasteiger partial charge in [-0.05, 0) is 24.1 Å². The number of carbonyl (C=O) groups excluding carboxylic acids is 1. The van der Waals surface area contributed by atoms with E-state index in [1.54, 1.807) is 6.07 Å². The number of halogens is 1. The van der Waals surface area contributed by atoms with Crippen LogP contribution in [0.4, 0.5) is 4.39 Å². The quantitative estimate of drug-likeness (QED) is 0.671. The molecule has 0 amide bonds. The summed E-state index contributed by atoms with van der Waals surface area (Å²) in [4.78, 5) is 10.1. The van der Waals surface area contributed by atoms with Gasteiger partial charge in [0, 0.05) is 0 Å². The molecule has 63 valence electrons. The van der Waals surface area contributed by atoms with Crippen molar-refractivity contribution >= 4 is 6.29 Å². The molecule has 1 aromatic carbocycles. The van der Waals surface area contributed by atoms with Gasteiger partial charge in [0.05, 0.1) is 5.56 Å². The summed E-state index contributed by atoms with van der Waals surface area (Å²) in [5.41, 5.74) is 0.934. The molecule has 1 nitrogen and oxygen atoms in total. The molecule has 0 aliphatic rings. The van der Waals surface area contributed by atoms with Crippen molar-refractivity contribution in [1.82, 2.24) is 0 Å². The van der Waals surface area contributed by atoms with Crippen molar-refractivity contribution in [3.63, 3.8) is 0 Å². The van der Waals surface area contributed by atoms with E-state index in [-0.39, 0.29) is 5.56 Å². The maximum atomic E-state index is 12.9. The maximum Gasteiger partial charge on any atom is 0.236 e. The first-order valence-electron chi connectivity index (χ1n) is 3.94. The van der Waals surface area contributed by atoms with Crippen LogP contribution in [0, 0.1) is 5.82 Å². The number of aryl methyl sites for hydroxylation is 1. The Balaban J connectivity index is 2.93. The highest BCUT2D eigenvalue weighted by Gasteiger charge is 2.01. The Hall–Kier alpha value is -1.18. The van der Waals surface area contributed by atoms with E-state index in [1.165, 1.54) is 18.4 Å². The molecule has 12 heavy (non-hydrogen) atoms. The van der Waals surface area contributed by atoms with Crippen molar-refractivity contribution in [3.05, 3.63) is 35.1 Å². The average Bonchev–Trinajstić information content (AvgIpc) is 2.05. The zero-order valence-corrected chi connectivity index (χ0v) is 6.93. The van der Waals surface area contributed by atoms with Crippen molar-refractivity contribution in [2.24, 2.45) is 0 Å². The van der Waals surface area contributed by atoms with E-state index in [9.17, 15) is 9.18 Å². The topological polar surface area (TPSA) is 17.1 Å². The van der Waals surface area contributed by atoms with Crippen LogP contribution in [0.2, 0.25) is 0 Å². The van der Waals surface area contributed by atoms with Gasteiger partial charge in [-0.1, -0.05) is 19.4 Å². The minimum atomic E-state index is -0.476. The van der Waals surface area contributed by atoms with E-state index < -0.39 is 5.82 Å². The van der Waals surface area contributed by atoms with Crippen molar-refractivity contribution < 1.29 is 9.18 Å². The lowest BCUT2D eigenvalue weighted by atomic mass is 10.1. The summed E-state index contributed by atoms with van der Waals surface area (Å²) < 4.78 is 12.9. The van der Waals surface area contributed by atoms with Crippen LogP contribution >= 0.6 is 0 Å². The molecule has 0 N–H and O–H groups in total. The second kappa shape index (κ2) is 4.00. The zero-order chi connectivity index (χ0) is 8.97. The molecule has 2 heteroatoms. The maximum absolute atomic E-state index is 12.9. The van der Waals surface area contributed by atoms with Crippen LogP contribution in [0.3, 0.4) is 0 Å². The normalized spacial score (nSPS) is 9.83. The first-order chi connectivity index (χ1) is 5.77. The molecule has 1 rings (SSSR count). The molecule has 0 aromatic heterocycles. The number of rotatable bonds is 3. The number of hydrogen-bond acceptors (Lipinski definition) is 1. The van der Waals surface area contributed by atoms with Gasteiger partial charge in [0.1, 0.15) is 5.82 Å². The second-order valence-corrected chi connectivity index (χ2v) is 2.67. The highest BCUT2D eigenvalue weighted by molar-refractivity contribution is 5.75. The van der Waals surface area contributed by atoms with Crippen molar-refractivity contribution in [2.75, 3.05) is 0 Å². The predicted molar refractivity (Wildman–Crippen MR) is 45.2 cm³/mol. The van der Waals surface area contributed by atoms with Crippen molar-refractivity contribution in [2.45, 2.75) is 19.8 Å². The van der Waals surface area contributed by atoms with E-state index >= 15 is 0 Å². The minimum absolute atomic E-state index is 0.00912. The fourth-order valence-electron chi connectivity index (χ4n) is 1.09. The van der Waals surface area contributed by atoms with Crippen LogP contribution in [0.15, 0.2) is 18.2 Å². The van der Waals surface area contributed by atoms with Crippen molar-refractivity contribution in [1.29, 1.82) is 0 Å². The third-order valence-corrected chi connectivity index (χ3v) is 1.68. The molecule has 0 fully saturated rings. The molecule has 0 saturated carbocycles. The molecule has 0 unspecified atom stereocenters. The van der Waals surface area contributed by atoms with E-state index in [0.717, 1.165) is 18.4 Å². The van der Waals surface area contributed by atoms with E-state index in [1.807, 2.05) is 6.92 Å². The third-order valence-electron chi connectivity index (χ3n) is 1.68. The Morgan fingerprint density at radius 3 is 2.75 bits per heavy atom. The second-order valence-electron chi connectivity index (χ2n) is 2.67. The summed E-state index contributed by atoms with van der Waals surface area (Å²) in [6.45, 7) is 2.03. The first kappa shape index (κ1) is 8.91. The molecule has 0 aliphatic heterocycles. The number of benzene rings is 1. The van der Waals surface area contributed by atoms with Gasteiger partial charge in [-0.25, -0.2) is 4.39 Å². The van der Waals surface area contributed by atoms with Gasteiger partial charge in [-0.3, -0.25) is 4.79 Å². The highest BCUT2D eigenvalue weighted by atomic mass is 19.1. The fourth-order valence-corrected chi connectivity index (χ4v) is 1.09.